The number of benzene rings is 2. The van der Waals surface area contributed by atoms with Crippen LogP contribution < -0.4 is 9.47 Å². The summed E-state index contributed by atoms with van der Waals surface area (Å²) in [5, 5.41) is 11.3. The van der Waals surface area contributed by atoms with E-state index in [4.69, 9.17) is 14.2 Å². The standard InChI is InChI=1S/C28H35NO6/c1-18(2)17-34-23-9-6-8-21(16-23)26(30)24-25(20-10-12-22(13-11-20)35-19(3)4)29(14-7-15-33-5)28(32)27(24)31/h6,8-13,16,18-19,25,30H,7,14-15,17H2,1-5H3/b26-24-. The van der Waals surface area contributed by atoms with Gasteiger partial charge in [0.05, 0.1) is 24.3 Å². The first-order chi connectivity index (χ1) is 16.7. The molecule has 7 heteroatoms. The minimum atomic E-state index is -0.722. The van der Waals surface area contributed by atoms with E-state index in [0.717, 1.165) is 0 Å². The molecule has 35 heavy (non-hydrogen) atoms. The number of ketones is 1. The van der Waals surface area contributed by atoms with E-state index in [1.54, 1.807) is 31.4 Å². The zero-order valence-electron chi connectivity index (χ0n) is 21.1. The molecule has 1 unspecified atom stereocenters. The lowest BCUT2D eigenvalue weighted by molar-refractivity contribution is -0.140. The first-order valence-corrected chi connectivity index (χ1v) is 12.0. The second-order valence-corrected chi connectivity index (χ2v) is 9.31. The van der Waals surface area contributed by atoms with Crippen LogP contribution in [0.3, 0.4) is 0 Å². The normalized spacial score (nSPS) is 17.5. The third kappa shape index (κ3) is 6.42. The number of carbonyl (C=O) groups is 2. The molecule has 7 nitrogen and oxygen atoms in total. The SMILES string of the molecule is COCCCN1C(=O)C(=O)/C(=C(\O)c2cccc(OCC(C)C)c2)C1c1ccc(OC(C)C)cc1. The lowest BCUT2D eigenvalue weighted by Gasteiger charge is -2.25. The van der Waals surface area contributed by atoms with Gasteiger partial charge in [-0.1, -0.05) is 38.1 Å². The predicted molar refractivity (Wildman–Crippen MR) is 134 cm³/mol. The maximum atomic E-state index is 13.2. The third-order valence-corrected chi connectivity index (χ3v) is 5.55. The second-order valence-electron chi connectivity index (χ2n) is 9.31. The number of nitrogens with zero attached hydrogens (tertiary/aromatic N) is 1. The van der Waals surface area contributed by atoms with Crippen LogP contribution in [0.25, 0.3) is 5.76 Å². The molecule has 0 aliphatic carbocycles. The van der Waals surface area contributed by atoms with Crippen molar-refractivity contribution in [3.8, 4) is 11.5 Å². The Balaban J connectivity index is 2.04. The Labute approximate surface area is 207 Å². The first-order valence-electron chi connectivity index (χ1n) is 12.0. The molecule has 1 amide bonds. The maximum Gasteiger partial charge on any atom is 0.295 e. The topological polar surface area (TPSA) is 85.3 Å². The van der Waals surface area contributed by atoms with Crippen LogP contribution in [0.2, 0.25) is 0 Å². The zero-order chi connectivity index (χ0) is 25.5. The van der Waals surface area contributed by atoms with Gasteiger partial charge in [0.1, 0.15) is 17.3 Å². The predicted octanol–water partition coefficient (Wildman–Crippen LogP) is 4.97. The summed E-state index contributed by atoms with van der Waals surface area (Å²) in [6.45, 7) is 9.28. The molecule has 0 aromatic heterocycles. The number of rotatable bonds is 11. The van der Waals surface area contributed by atoms with Gasteiger partial charge >= 0.3 is 0 Å². The van der Waals surface area contributed by atoms with Crippen LogP contribution in [-0.4, -0.2) is 54.7 Å². The number of aliphatic hydroxyl groups excluding tert-OH is 1. The smallest absolute Gasteiger partial charge is 0.295 e. The van der Waals surface area contributed by atoms with Gasteiger partial charge in [-0.3, -0.25) is 9.59 Å². The number of likely N-dealkylation sites (tertiary alicyclic amines) is 1. The van der Waals surface area contributed by atoms with Crippen LogP contribution in [0.1, 0.15) is 51.3 Å². The molecule has 1 saturated heterocycles. The Bertz CT molecular complexity index is 1060. The van der Waals surface area contributed by atoms with Crippen LogP contribution in [-0.2, 0) is 14.3 Å². The van der Waals surface area contributed by atoms with E-state index < -0.39 is 17.7 Å². The molecule has 2 aromatic carbocycles. The van der Waals surface area contributed by atoms with Crippen molar-refractivity contribution in [1.82, 2.24) is 4.90 Å². The molecule has 1 aliphatic heterocycles. The fourth-order valence-corrected chi connectivity index (χ4v) is 3.99. The van der Waals surface area contributed by atoms with E-state index in [2.05, 4.69) is 0 Å². The first kappa shape index (κ1) is 26.3. The molecule has 2 aromatic rings. The lowest BCUT2D eigenvalue weighted by Crippen LogP contribution is -2.31. The third-order valence-electron chi connectivity index (χ3n) is 5.55. The van der Waals surface area contributed by atoms with E-state index in [9.17, 15) is 14.7 Å². The number of aliphatic hydroxyl groups is 1. The monoisotopic (exact) mass is 481 g/mol. The highest BCUT2D eigenvalue weighted by molar-refractivity contribution is 6.46. The molecular weight excluding hydrogens is 446 g/mol. The molecule has 0 saturated carbocycles. The van der Waals surface area contributed by atoms with Crippen molar-refractivity contribution in [2.45, 2.75) is 46.3 Å². The van der Waals surface area contributed by atoms with Gasteiger partial charge in [-0.2, -0.15) is 0 Å². The number of carbonyl (C=O) groups excluding carboxylic acids is 2. The van der Waals surface area contributed by atoms with Gasteiger partial charge in [-0.15, -0.1) is 0 Å². The highest BCUT2D eigenvalue weighted by atomic mass is 16.5. The largest absolute Gasteiger partial charge is 0.507 e. The van der Waals surface area contributed by atoms with E-state index in [0.29, 0.717) is 54.7 Å². The highest BCUT2D eigenvalue weighted by Gasteiger charge is 2.45. The van der Waals surface area contributed by atoms with E-state index >= 15 is 0 Å². The molecule has 3 rings (SSSR count). The van der Waals surface area contributed by atoms with Gasteiger partial charge in [0.25, 0.3) is 11.7 Å². The summed E-state index contributed by atoms with van der Waals surface area (Å²) in [5.41, 5.74) is 1.20. The zero-order valence-corrected chi connectivity index (χ0v) is 21.1. The molecule has 1 fully saturated rings. The number of hydrogen-bond donors (Lipinski definition) is 1. The molecule has 0 spiro atoms. The van der Waals surface area contributed by atoms with Crippen LogP contribution in [0, 0.1) is 5.92 Å². The van der Waals surface area contributed by atoms with Crippen molar-refractivity contribution < 1.29 is 28.9 Å². The summed E-state index contributed by atoms with van der Waals surface area (Å²) in [6.07, 6.45) is 0.582. The second kappa shape index (κ2) is 11.9. The van der Waals surface area contributed by atoms with Crippen molar-refractivity contribution >= 4 is 17.4 Å². The van der Waals surface area contributed by atoms with Crippen molar-refractivity contribution in [3.05, 3.63) is 65.2 Å². The minimum Gasteiger partial charge on any atom is -0.507 e. The average Bonchev–Trinajstić information content (AvgIpc) is 3.08. The Kier molecular flexibility index (Phi) is 8.93. The molecule has 188 valence electrons. The maximum absolute atomic E-state index is 13.2. The molecule has 1 atom stereocenters. The number of amides is 1. The summed E-state index contributed by atoms with van der Waals surface area (Å²) < 4.78 is 16.7. The molecule has 0 bridgehead atoms. The summed E-state index contributed by atoms with van der Waals surface area (Å²) in [5.74, 6) is 0.0506. The fraction of sp³-hybridized carbons (Fsp3) is 0.429. The molecule has 1 heterocycles. The number of methoxy groups -OCH3 is 1. The summed E-state index contributed by atoms with van der Waals surface area (Å²) in [6, 6.07) is 13.5. The van der Waals surface area contributed by atoms with E-state index in [1.807, 2.05) is 52.0 Å². The quantitative estimate of drug-likeness (QED) is 0.211. The van der Waals surface area contributed by atoms with Crippen LogP contribution in [0.5, 0.6) is 11.5 Å². The Morgan fingerprint density at radius 1 is 1.03 bits per heavy atom. The van der Waals surface area contributed by atoms with Crippen LogP contribution >= 0.6 is 0 Å². The fourth-order valence-electron chi connectivity index (χ4n) is 3.99. The van der Waals surface area contributed by atoms with Crippen LogP contribution in [0.4, 0.5) is 0 Å². The van der Waals surface area contributed by atoms with Gasteiger partial charge in [0.2, 0.25) is 0 Å². The van der Waals surface area contributed by atoms with Crippen molar-refractivity contribution in [1.29, 1.82) is 0 Å². The summed E-state index contributed by atoms with van der Waals surface area (Å²) in [7, 11) is 1.59. The van der Waals surface area contributed by atoms with Gasteiger partial charge in [0.15, 0.2) is 0 Å². The molecule has 0 radical (unpaired) electrons. The highest BCUT2D eigenvalue weighted by Crippen LogP contribution is 2.40. The minimum absolute atomic E-state index is 0.0192. The molecular formula is C28H35NO6. The lowest BCUT2D eigenvalue weighted by atomic mass is 9.95. The molecule has 1 aliphatic rings. The Morgan fingerprint density at radius 2 is 1.74 bits per heavy atom. The van der Waals surface area contributed by atoms with E-state index in [1.165, 1.54) is 4.90 Å². The molecule has 1 N–H and O–H groups in total. The van der Waals surface area contributed by atoms with Gasteiger partial charge in [0, 0.05) is 25.8 Å². The van der Waals surface area contributed by atoms with Crippen molar-refractivity contribution in [3.63, 3.8) is 0 Å². The average molecular weight is 482 g/mol. The van der Waals surface area contributed by atoms with Gasteiger partial charge < -0.3 is 24.2 Å². The van der Waals surface area contributed by atoms with Gasteiger partial charge in [-0.25, -0.2) is 0 Å². The van der Waals surface area contributed by atoms with Crippen molar-refractivity contribution in [2.75, 3.05) is 26.9 Å². The van der Waals surface area contributed by atoms with Crippen LogP contribution in [0.15, 0.2) is 54.1 Å². The Morgan fingerprint density at radius 3 is 2.37 bits per heavy atom. The number of ether oxygens (including phenoxy) is 3. The number of Topliss-reactive ketones (excluding diaryl/α,β-unsaturated/α-hetero) is 1. The van der Waals surface area contributed by atoms with E-state index in [-0.39, 0.29) is 17.4 Å². The van der Waals surface area contributed by atoms with Gasteiger partial charge in [-0.05, 0) is 56.0 Å². The Hall–Kier alpha value is -3.32. The number of hydrogen-bond acceptors (Lipinski definition) is 6. The summed E-state index contributed by atoms with van der Waals surface area (Å²) >= 11 is 0. The van der Waals surface area contributed by atoms with Crippen molar-refractivity contribution in [2.24, 2.45) is 5.92 Å². The summed E-state index contributed by atoms with van der Waals surface area (Å²) in [4.78, 5) is 27.7.